The first-order chi connectivity index (χ1) is 14.7. The molecule has 0 spiro atoms. The molecular weight excluding hydrogens is 422 g/mol. The second-order valence-corrected chi connectivity index (χ2v) is 21.5. The zero-order valence-electron chi connectivity index (χ0n) is 22.9. The van der Waals surface area contributed by atoms with E-state index in [2.05, 4.69) is 92.6 Å². The van der Waals surface area contributed by atoms with Crippen LogP contribution in [0.25, 0.3) is 0 Å². The van der Waals surface area contributed by atoms with Crippen molar-refractivity contribution in [2.45, 2.75) is 152 Å². The fraction of sp³-hybridized carbons (Fsp3) is 0.800. The van der Waals surface area contributed by atoms with E-state index in [0.717, 1.165) is 0 Å². The lowest BCUT2D eigenvalue weighted by Gasteiger charge is -2.54. The molecule has 0 saturated carbocycles. The Morgan fingerprint density at radius 3 is 1.69 bits per heavy atom. The van der Waals surface area contributed by atoms with E-state index in [0.29, 0.717) is 25.8 Å². The molecule has 2 heterocycles. The summed E-state index contributed by atoms with van der Waals surface area (Å²) in [5.74, 6) is 0. The van der Waals surface area contributed by atoms with Crippen LogP contribution in [-0.2, 0) is 0 Å². The second kappa shape index (κ2) is 9.62. The maximum atomic E-state index is 2.72. The van der Waals surface area contributed by atoms with Crippen LogP contribution < -0.4 is 5.30 Å². The van der Waals surface area contributed by atoms with Gasteiger partial charge in [0, 0.05) is 0 Å². The van der Waals surface area contributed by atoms with Crippen LogP contribution in [0.1, 0.15) is 127 Å². The summed E-state index contributed by atoms with van der Waals surface area (Å²) in [5.41, 5.74) is 0. The number of hydrogen-bond donors (Lipinski definition) is 0. The van der Waals surface area contributed by atoms with E-state index in [4.69, 9.17) is 0 Å². The molecule has 182 valence electrons. The van der Waals surface area contributed by atoms with Crippen LogP contribution in [0.15, 0.2) is 30.3 Å². The normalized spacial score (nSPS) is 35.7. The van der Waals surface area contributed by atoms with Crippen molar-refractivity contribution in [1.82, 2.24) is 0 Å². The average molecular weight is 475 g/mol. The molecule has 0 amide bonds. The smallest absolute Gasteiger partial charge is 0.00775 e. The minimum atomic E-state index is -0.197. The van der Waals surface area contributed by atoms with Crippen molar-refractivity contribution >= 4 is 21.1 Å². The fourth-order valence-electron chi connectivity index (χ4n) is 8.00. The van der Waals surface area contributed by atoms with Crippen LogP contribution in [0.5, 0.6) is 0 Å². The summed E-state index contributed by atoms with van der Waals surface area (Å²) in [6, 6.07) is 11.7. The lowest BCUT2D eigenvalue weighted by molar-refractivity contribution is 0.426. The van der Waals surface area contributed by atoms with E-state index in [1.54, 1.807) is 5.30 Å². The minimum absolute atomic E-state index is 0.0693. The zero-order valence-corrected chi connectivity index (χ0v) is 24.6. The van der Waals surface area contributed by atoms with Crippen molar-refractivity contribution in [1.29, 1.82) is 0 Å². The van der Waals surface area contributed by atoms with Gasteiger partial charge in [-0.2, -0.15) is 0 Å². The monoisotopic (exact) mass is 474 g/mol. The summed E-state index contributed by atoms with van der Waals surface area (Å²) in [6.45, 7) is 23.5. The summed E-state index contributed by atoms with van der Waals surface area (Å²) in [4.78, 5) is 0. The van der Waals surface area contributed by atoms with Crippen LogP contribution >= 0.6 is 15.8 Å². The third-order valence-corrected chi connectivity index (χ3v) is 16.8. The third-order valence-electron chi connectivity index (χ3n) is 8.69. The van der Waals surface area contributed by atoms with Gasteiger partial charge in [-0.1, -0.05) is 134 Å². The predicted molar refractivity (Wildman–Crippen MR) is 151 cm³/mol. The molecule has 0 nitrogen and oxygen atoms in total. The molecule has 2 fully saturated rings. The Morgan fingerprint density at radius 1 is 0.656 bits per heavy atom. The molecular formula is C30H52P2. The van der Waals surface area contributed by atoms with Crippen LogP contribution in [0.4, 0.5) is 0 Å². The van der Waals surface area contributed by atoms with Gasteiger partial charge in [-0.15, -0.1) is 0 Å². The van der Waals surface area contributed by atoms with Crippen molar-refractivity contribution in [3.63, 3.8) is 0 Å². The van der Waals surface area contributed by atoms with Crippen molar-refractivity contribution in [3.8, 4) is 0 Å². The molecule has 2 aliphatic heterocycles. The standard InChI is InChI=1S/C30H52P2/c1-26(2,3)32-28(6,7)20-14-16-22-30(32,9)24-23-29(8)21-15-13-19-27(4,5)31(29)25-17-11-10-12-18-25/h10-12,17-18H,13-16,19-24H2,1-9H3. The Kier molecular flexibility index (Phi) is 8.02. The van der Waals surface area contributed by atoms with Crippen LogP contribution in [0.3, 0.4) is 0 Å². The SMILES string of the molecule is CC(C)(C)P1C(C)(C)CCCCC1(C)CCC1(C)CCCCC(C)(C)P1c1ccccc1. The molecule has 3 rings (SSSR count). The van der Waals surface area contributed by atoms with E-state index in [1.165, 1.54) is 64.2 Å². The van der Waals surface area contributed by atoms with Crippen molar-refractivity contribution < 1.29 is 0 Å². The van der Waals surface area contributed by atoms with Crippen LogP contribution in [-0.4, -0.2) is 25.8 Å². The molecule has 0 radical (unpaired) electrons. The van der Waals surface area contributed by atoms with Gasteiger partial charge < -0.3 is 0 Å². The van der Waals surface area contributed by atoms with Gasteiger partial charge in [-0.25, -0.2) is 0 Å². The Balaban J connectivity index is 1.97. The van der Waals surface area contributed by atoms with Crippen LogP contribution in [0, 0.1) is 0 Å². The Bertz CT molecular complexity index is 744. The molecule has 32 heavy (non-hydrogen) atoms. The van der Waals surface area contributed by atoms with Gasteiger partial charge in [-0.3, -0.25) is 0 Å². The highest BCUT2D eigenvalue weighted by Crippen LogP contribution is 2.73. The van der Waals surface area contributed by atoms with E-state index in [-0.39, 0.29) is 15.8 Å². The fourth-order valence-corrected chi connectivity index (χ4v) is 18.4. The largest absolute Gasteiger partial charge is 0.0893 e. The minimum Gasteiger partial charge on any atom is -0.0893 e. The Hall–Kier alpha value is 0.0800. The molecule has 0 bridgehead atoms. The van der Waals surface area contributed by atoms with Gasteiger partial charge in [0.2, 0.25) is 0 Å². The molecule has 1 aromatic carbocycles. The van der Waals surface area contributed by atoms with E-state index in [9.17, 15) is 0 Å². The molecule has 0 N–H and O–H groups in total. The van der Waals surface area contributed by atoms with Crippen LogP contribution in [0.2, 0.25) is 0 Å². The van der Waals surface area contributed by atoms with Gasteiger partial charge in [0.05, 0.1) is 0 Å². The third kappa shape index (κ3) is 5.65. The molecule has 2 saturated heterocycles. The van der Waals surface area contributed by atoms with Crippen molar-refractivity contribution in [2.75, 3.05) is 0 Å². The summed E-state index contributed by atoms with van der Waals surface area (Å²) in [6.07, 6.45) is 14.2. The maximum absolute atomic E-state index is 2.72. The van der Waals surface area contributed by atoms with Crippen molar-refractivity contribution in [2.24, 2.45) is 0 Å². The Morgan fingerprint density at radius 2 is 1.12 bits per heavy atom. The summed E-state index contributed by atoms with van der Waals surface area (Å²) >= 11 is 0. The quantitative estimate of drug-likeness (QED) is 0.381. The first kappa shape index (κ1) is 26.7. The van der Waals surface area contributed by atoms with Crippen molar-refractivity contribution in [3.05, 3.63) is 30.3 Å². The molecule has 4 atom stereocenters. The molecule has 0 aromatic heterocycles. The highest BCUT2D eigenvalue weighted by atomic mass is 31.1. The van der Waals surface area contributed by atoms with E-state index in [1.807, 2.05) is 0 Å². The molecule has 2 aliphatic rings. The lowest BCUT2D eigenvalue weighted by atomic mass is 9.89. The first-order valence-electron chi connectivity index (χ1n) is 13.4. The first-order valence-corrected chi connectivity index (χ1v) is 16.1. The average Bonchev–Trinajstić information content (AvgIpc) is 2.87. The predicted octanol–water partition coefficient (Wildman–Crippen LogP) is 10.1. The van der Waals surface area contributed by atoms with Gasteiger partial charge in [-0.05, 0) is 69.6 Å². The lowest BCUT2D eigenvalue weighted by Crippen LogP contribution is -2.41. The van der Waals surface area contributed by atoms with Gasteiger partial charge >= 0.3 is 0 Å². The van der Waals surface area contributed by atoms with E-state index >= 15 is 0 Å². The molecule has 0 aliphatic carbocycles. The second-order valence-electron chi connectivity index (χ2n) is 13.7. The highest BCUT2D eigenvalue weighted by Gasteiger charge is 2.51. The van der Waals surface area contributed by atoms with Gasteiger partial charge in [0.25, 0.3) is 0 Å². The molecule has 2 heteroatoms. The summed E-state index contributed by atoms with van der Waals surface area (Å²) in [5, 5.41) is 3.96. The number of rotatable bonds is 4. The van der Waals surface area contributed by atoms with Gasteiger partial charge in [0.1, 0.15) is 0 Å². The van der Waals surface area contributed by atoms with E-state index < -0.39 is 0 Å². The maximum Gasteiger partial charge on any atom is -0.00775 e. The van der Waals surface area contributed by atoms with Gasteiger partial charge in [0.15, 0.2) is 0 Å². The zero-order chi connectivity index (χ0) is 23.8. The number of benzene rings is 1. The topological polar surface area (TPSA) is 0 Å². The molecule has 4 unspecified atom stereocenters. The highest BCUT2D eigenvalue weighted by molar-refractivity contribution is 7.68. The summed E-state index contributed by atoms with van der Waals surface area (Å²) < 4.78 is 0. The number of hydrogen-bond acceptors (Lipinski definition) is 0. The summed E-state index contributed by atoms with van der Waals surface area (Å²) in [7, 11) is -0.266. The Labute approximate surface area is 203 Å². The molecule has 1 aromatic rings.